The Morgan fingerprint density at radius 2 is 1.64 bits per heavy atom. The minimum absolute atomic E-state index is 0.157. The molecule has 0 saturated heterocycles. The highest BCUT2D eigenvalue weighted by molar-refractivity contribution is 6.32. The third kappa shape index (κ3) is 5.11. The van der Waals surface area contributed by atoms with Crippen LogP contribution in [0, 0.1) is 11.0 Å². The van der Waals surface area contributed by atoms with Crippen LogP contribution in [0.25, 0.3) is 0 Å². The third-order valence-corrected chi connectivity index (χ3v) is 4.63. The van der Waals surface area contributed by atoms with Crippen molar-refractivity contribution in [1.82, 2.24) is 0 Å². The fraction of sp³-hybridized carbons (Fsp3) is 0.278. The average molecular weight is 513 g/mol. The van der Waals surface area contributed by atoms with Gasteiger partial charge in [-0.05, 0) is 24.3 Å². The Kier molecular flexibility index (Phi) is 7.43. The van der Waals surface area contributed by atoms with Gasteiger partial charge in [-0.15, -0.1) is 0 Å². The van der Waals surface area contributed by atoms with E-state index < -0.39 is 75.8 Å². The average Bonchev–Trinajstić information content (AvgIpc) is 2.67. The molecule has 0 aromatic heterocycles. The van der Waals surface area contributed by atoms with Crippen LogP contribution >= 0.6 is 11.6 Å². The molecule has 0 saturated carbocycles. The van der Waals surface area contributed by atoms with Gasteiger partial charge in [-0.1, -0.05) is 17.7 Å². The van der Waals surface area contributed by atoms with Gasteiger partial charge >= 0.3 is 24.6 Å². The summed E-state index contributed by atoms with van der Waals surface area (Å²) in [4.78, 5) is 12.4. The predicted molar refractivity (Wildman–Crippen MR) is 94.4 cm³/mol. The van der Waals surface area contributed by atoms with E-state index in [9.17, 15) is 53.9 Å². The zero-order valence-electron chi connectivity index (χ0n) is 15.6. The van der Waals surface area contributed by atoms with Crippen molar-refractivity contribution in [2.24, 2.45) is 0 Å². The number of Topliss-reactive ketones (excluding diaryl/α,β-unsaturated/α-hetero) is 1. The molecule has 0 aliphatic carbocycles. The number of rotatable bonds is 7. The fourth-order valence-corrected chi connectivity index (χ4v) is 3.03. The van der Waals surface area contributed by atoms with Gasteiger partial charge < -0.3 is 15.4 Å². The summed E-state index contributed by atoms with van der Waals surface area (Å²) in [7, 11) is 0. The van der Waals surface area contributed by atoms with Crippen LogP contribution in [0.3, 0.4) is 0 Å². The number of anilines is 1. The number of ketones is 1. The summed E-state index contributed by atoms with van der Waals surface area (Å²) in [5.41, 5.74) is -9.44. The summed E-state index contributed by atoms with van der Waals surface area (Å²) in [5, 5.41) is 9.49. The second-order valence-corrected chi connectivity index (χ2v) is 6.74. The zero-order chi connectivity index (χ0) is 25.4. The largest absolute Gasteiger partial charge is 0.761 e. The van der Waals surface area contributed by atoms with Crippen molar-refractivity contribution in [2.75, 3.05) is 5.48 Å². The Morgan fingerprint density at radius 1 is 1.06 bits per heavy atom. The monoisotopic (exact) mass is 512 g/mol. The first kappa shape index (κ1) is 26.5. The summed E-state index contributed by atoms with van der Waals surface area (Å²) in [5.74, 6) is -4.12. The van der Waals surface area contributed by atoms with Gasteiger partial charge in [-0.2, -0.15) is 35.1 Å². The van der Waals surface area contributed by atoms with Crippen LogP contribution in [0.2, 0.25) is 5.02 Å². The third-order valence-electron chi connectivity index (χ3n) is 4.30. The number of hydrogen-bond donors (Lipinski definition) is 1. The van der Waals surface area contributed by atoms with Crippen LogP contribution in [0.1, 0.15) is 21.5 Å². The molecule has 4 nitrogen and oxygen atoms in total. The van der Waals surface area contributed by atoms with E-state index in [1.54, 1.807) is 0 Å². The fourth-order valence-electron chi connectivity index (χ4n) is 2.75. The number of benzene rings is 2. The lowest BCUT2D eigenvalue weighted by Gasteiger charge is -2.31. The van der Waals surface area contributed by atoms with Gasteiger partial charge in [0, 0.05) is 22.6 Å². The van der Waals surface area contributed by atoms with Gasteiger partial charge in [-0.25, -0.2) is 8.78 Å². The molecule has 2 rings (SSSR count). The van der Waals surface area contributed by atoms with Crippen molar-refractivity contribution >= 4 is 23.1 Å². The van der Waals surface area contributed by atoms with E-state index in [1.165, 1.54) is 5.48 Å². The molecule has 0 bridgehead atoms. The number of carbonyl (C=O) groups is 1. The maximum atomic E-state index is 14.3. The van der Waals surface area contributed by atoms with Gasteiger partial charge in [0.15, 0.2) is 11.6 Å². The molecule has 182 valence electrons. The van der Waals surface area contributed by atoms with E-state index in [-0.39, 0.29) is 12.1 Å². The normalized spacial score (nSPS) is 12.8. The Labute approximate surface area is 182 Å². The van der Waals surface area contributed by atoms with E-state index in [0.29, 0.717) is 0 Å². The smallest absolute Gasteiger partial charge is 0.435 e. The number of ether oxygens (including phenoxy) is 1. The second kappa shape index (κ2) is 9.25. The Bertz CT molecular complexity index is 1030. The van der Waals surface area contributed by atoms with Gasteiger partial charge in [-0.3, -0.25) is 4.79 Å². The summed E-state index contributed by atoms with van der Waals surface area (Å²) in [6, 6.07) is 2.35. The SMILES string of the molecule is O=C(Cc1c(Cl)cc(C(F)(C(F)(F)F)C(F)(F)F)cc1OC(F)F)c1cccc(N[O-])c1F. The zero-order valence-corrected chi connectivity index (χ0v) is 16.3. The highest BCUT2D eigenvalue weighted by atomic mass is 35.5. The van der Waals surface area contributed by atoms with E-state index in [0.717, 1.165) is 18.2 Å². The van der Waals surface area contributed by atoms with Crippen LogP contribution in [-0.4, -0.2) is 24.7 Å². The lowest BCUT2D eigenvalue weighted by Crippen LogP contribution is -2.50. The Morgan fingerprint density at radius 3 is 2.12 bits per heavy atom. The summed E-state index contributed by atoms with van der Waals surface area (Å²) in [6.07, 6.45) is -14.3. The first-order valence-electron chi connectivity index (χ1n) is 8.34. The van der Waals surface area contributed by atoms with E-state index >= 15 is 0 Å². The summed E-state index contributed by atoms with van der Waals surface area (Å²) < 4.78 is 136. The minimum Gasteiger partial charge on any atom is -0.761 e. The standard InChI is InChI=1S/C18H9ClF10NO3/c19-10-4-7(16(23,17(24,25)26)18(27,28)29)5-13(33-15(21)22)9(10)6-12(31)8-2-1-3-11(30-32)14(8)20/h1-5,15,30H,6H2/q-1. The van der Waals surface area contributed by atoms with Crippen LogP contribution in [0.5, 0.6) is 5.75 Å². The molecule has 1 N–H and O–H groups in total. The van der Waals surface area contributed by atoms with Crippen LogP contribution < -0.4 is 10.2 Å². The molecule has 0 radical (unpaired) electrons. The van der Waals surface area contributed by atoms with Gasteiger partial charge in [0.25, 0.3) is 0 Å². The number of carbonyl (C=O) groups excluding carboxylic acids is 1. The van der Waals surface area contributed by atoms with Crippen molar-refractivity contribution in [1.29, 1.82) is 0 Å². The molecule has 15 heteroatoms. The Balaban J connectivity index is 2.65. The molecular weight excluding hydrogens is 504 g/mol. The molecule has 0 unspecified atom stereocenters. The van der Waals surface area contributed by atoms with E-state index in [2.05, 4.69) is 4.74 Å². The van der Waals surface area contributed by atoms with Crippen LogP contribution in [0.15, 0.2) is 30.3 Å². The molecule has 0 atom stereocenters. The number of halogens is 11. The van der Waals surface area contributed by atoms with Crippen molar-refractivity contribution in [3.05, 3.63) is 63.1 Å². The highest BCUT2D eigenvalue weighted by Gasteiger charge is 2.73. The highest BCUT2D eigenvalue weighted by Crippen LogP contribution is 2.54. The molecule has 0 aliphatic heterocycles. The van der Waals surface area contributed by atoms with Gasteiger partial charge in [0.1, 0.15) is 5.75 Å². The van der Waals surface area contributed by atoms with Crippen LogP contribution in [-0.2, 0) is 12.1 Å². The molecule has 0 heterocycles. The van der Waals surface area contributed by atoms with Gasteiger partial charge in [0.05, 0.1) is 11.3 Å². The van der Waals surface area contributed by atoms with Crippen LogP contribution in [0.4, 0.5) is 49.6 Å². The molecular formula is C18H9ClF10NO3-. The molecule has 0 fully saturated rings. The van der Waals surface area contributed by atoms with Crippen molar-refractivity contribution < 1.29 is 53.4 Å². The number of hydrogen-bond acceptors (Lipinski definition) is 4. The van der Waals surface area contributed by atoms with Crippen molar-refractivity contribution in [3.63, 3.8) is 0 Å². The molecule has 0 amide bonds. The quantitative estimate of drug-likeness (QED) is 0.255. The lowest BCUT2D eigenvalue weighted by atomic mass is 9.91. The van der Waals surface area contributed by atoms with E-state index in [1.807, 2.05) is 0 Å². The molecule has 2 aromatic carbocycles. The minimum atomic E-state index is -6.58. The van der Waals surface area contributed by atoms with Gasteiger partial charge in [0.2, 0.25) is 0 Å². The number of nitrogens with one attached hydrogen (secondary N) is 1. The topological polar surface area (TPSA) is 61.4 Å². The molecule has 0 spiro atoms. The van der Waals surface area contributed by atoms with E-state index in [4.69, 9.17) is 11.6 Å². The van der Waals surface area contributed by atoms with Crippen molar-refractivity contribution in [3.8, 4) is 5.75 Å². The Hall–Kier alpha value is -2.74. The molecule has 0 aliphatic rings. The maximum absolute atomic E-state index is 14.3. The number of alkyl halides is 9. The second-order valence-electron chi connectivity index (χ2n) is 6.34. The molecule has 2 aromatic rings. The predicted octanol–water partition coefficient (Wildman–Crippen LogP) is 6.71. The first-order chi connectivity index (χ1) is 15.0. The maximum Gasteiger partial charge on any atom is 0.435 e. The molecule has 33 heavy (non-hydrogen) atoms. The first-order valence-corrected chi connectivity index (χ1v) is 8.72. The summed E-state index contributed by atoms with van der Waals surface area (Å²) >= 11 is 5.62. The van der Waals surface area contributed by atoms with Crippen molar-refractivity contribution in [2.45, 2.75) is 31.1 Å². The lowest BCUT2D eigenvalue weighted by molar-refractivity contribution is -0.348. The summed E-state index contributed by atoms with van der Waals surface area (Å²) in [6.45, 7) is -3.83.